The van der Waals surface area contributed by atoms with Crippen LogP contribution in [0.3, 0.4) is 0 Å². The molecule has 2 fully saturated rings. The number of halogens is 1. The van der Waals surface area contributed by atoms with E-state index in [-0.39, 0.29) is 11.3 Å². The van der Waals surface area contributed by atoms with Crippen molar-refractivity contribution in [1.29, 1.82) is 0 Å². The van der Waals surface area contributed by atoms with Crippen molar-refractivity contribution >= 4 is 28.3 Å². The van der Waals surface area contributed by atoms with Gasteiger partial charge in [0.1, 0.15) is 0 Å². The Morgan fingerprint density at radius 3 is 2.38 bits per heavy atom. The number of rotatable bonds is 1. The number of carbonyl (C=O) groups excluding carboxylic acids is 1. The molecule has 2 aliphatic heterocycles. The van der Waals surface area contributed by atoms with Gasteiger partial charge in [-0.3, -0.25) is 4.79 Å². The third kappa shape index (κ3) is 2.22. The van der Waals surface area contributed by atoms with Crippen molar-refractivity contribution in [3.05, 3.63) is 48.0 Å². The second kappa shape index (κ2) is 5.03. The van der Waals surface area contributed by atoms with Gasteiger partial charge in [-0.1, -0.05) is 30.3 Å². The number of nitrogens with zero attached hydrogens (tertiary/aromatic N) is 1. The van der Waals surface area contributed by atoms with Crippen LogP contribution < -0.4 is 0 Å². The van der Waals surface area contributed by atoms with E-state index in [1.807, 2.05) is 30.3 Å². The van der Waals surface area contributed by atoms with Gasteiger partial charge >= 0.3 is 0 Å². The van der Waals surface area contributed by atoms with Crippen LogP contribution in [0.1, 0.15) is 36.0 Å². The van der Waals surface area contributed by atoms with Gasteiger partial charge in [-0.15, -0.1) is 11.6 Å². The van der Waals surface area contributed by atoms with E-state index in [1.165, 1.54) is 5.39 Å². The number of hydrogen-bond donors (Lipinski definition) is 0. The molecule has 0 N–H and O–H groups in total. The molecule has 0 aromatic heterocycles. The van der Waals surface area contributed by atoms with Crippen molar-refractivity contribution in [3.8, 4) is 0 Å². The van der Waals surface area contributed by atoms with Crippen molar-refractivity contribution in [2.45, 2.75) is 43.1 Å². The Kier molecular flexibility index (Phi) is 3.15. The SMILES string of the molecule is O=C(c1ccc2ccccc2c1)N1C2CCC1CC(Cl)C2. The molecule has 2 nitrogen and oxygen atoms in total. The first-order valence-electron chi connectivity index (χ1n) is 7.68. The molecular formula is C18H18ClNO. The lowest BCUT2D eigenvalue weighted by Gasteiger charge is -2.37. The lowest BCUT2D eigenvalue weighted by atomic mass is 10.00. The second-order valence-corrected chi connectivity index (χ2v) is 6.85. The smallest absolute Gasteiger partial charge is 0.254 e. The number of hydrogen-bond acceptors (Lipinski definition) is 1. The molecule has 3 heteroatoms. The van der Waals surface area contributed by atoms with E-state index < -0.39 is 0 Å². The fraction of sp³-hybridized carbons (Fsp3) is 0.389. The van der Waals surface area contributed by atoms with Gasteiger partial charge < -0.3 is 4.90 Å². The largest absolute Gasteiger partial charge is 0.333 e. The minimum absolute atomic E-state index is 0.178. The highest BCUT2D eigenvalue weighted by atomic mass is 35.5. The number of alkyl halides is 1. The lowest BCUT2D eigenvalue weighted by molar-refractivity contribution is 0.0600. The fourth-order valence-corrected chi connectivity index (χ4v) is 4.32. The maximum atomic E-state index is 12.9. The molecule has 2 aromatic carbocycles. The molecule has 2 unspecified atom stereocenters. The van der Waals surface area contributed by atoms with E-state index in [1.54, 1.807) is 0 Å². The van der Waals surface area contributed by atoms with Crippen LogP contribution >= 0.6 is 11.6 Å². The van der Waals surface area contributed by atoms with Crippen LogP contribution in [0.4, 0.5) is 0 Å². The van der Waals surface area contributed by atoms with Crippen molar-refractivity contribution in [3.63, 3.8) is 0 Å². The van der Waals surface area contributed by atoms with Crippen LogP contribution in [0.15, 0.2) is 42.5 Å². The van der Waals surface area contributed by atoms with Gasteiger partial charge in [0.25, 0.3) is 5.91 Å². The highest BCUT2D eigenvalue weighted by Gasteiger charge is 2.42. The number of carbonyl (C=O) groups is 1. The van der Waals surface area contributed by atoms with E-state index in [4.69, 9.17) is 11.6 Å². The second-order valence-electron chi connectivity index (χ2n) is 6.23. The van der Waals surface area contributed by atoms with Gasteiger partial charge in [0.15, 0.2) is 0 Å². The monoisotopic (exact) mass is 299 g/mol. The van der Waals surface area contributed by atoms with Gasteiger partial charge in [-0.2, -0.15) is 0 Å². The van der Waals surface area contributed by atoms with Crippen LogP contribution in [0.25, 0.3) is 10.8 Å². The number of piperidine rings is 1. The summed E-state index contributed by atoms with van der Waals surface area (Å²) in [4.78, 5) is 15.0. The van der Waals surface area contributed by atoms with Crippen LogP contribution in [-0.2, 0) is 0 Å². The summed E-state index contributed by atoms with van der Waals surface area (Å²) in [6, 6.07) is 14.9. The normalized spacial score (nSPS) is 28.0. The quantitative estimate of drug-likeness (QED) is 0.722. The zero-order valence-electron chi connectivity index (χ0n) is 11.8. The number of amides is 1. The highest BCUT2D eigenvalue weighted by Crippen LogP contribution is 2.38. The number of benzene rings is 2. The molecule has 2 aromatic rings. The van der Waals surface area contributed by atoms with Crippen molar-refractivity contribution in [2.75, 3.05) is 0 Å². The van der Waals surface area contributed by atoms with Crippen molar-refractivity contribution < 1.29 is 4.79 Å². The first kappa shape index (κ1) is 13.1. The van der Waals surface area contributed by atoms with Crippen LogP contribution in [0.2, 0.25) is 0 Å². The molecular weight excluding hydrogens is 282 g/mol. The molecule has 2 bridgehead atoms. The summed E-state index contributed by atoms with van der Waals surface area (Å²) in [6.07, 6.45) is 4.09. The number of fused-ring (bicyclic) bond motifs is 3. The van der Waals surface area contributed by atoms with E-state index >= 15 is 0 Å². The molecule has 2 atom stereocenters. The summed E-state index contributed by atoms with van der Waals surface area (Å²) in [6.45, 7) is 0. The summed E-state index contributed by atoms with van der Waals surface area (Å²) < 4.78 is 0. The summed E-state index contributed by atoms with van der Waals surface area (Å²) in [5, 5.41) is 2.54. The van der Waals surface area contributed by atoms with Gasteiger partial charge in [0.2, 0.25) is 0 Å². The predicted octanol–water partition coefficient (Wildman–Crippen LogP) is 4.21. The maximum absolute atomic E-state index is 12.9. The summed E-state index contributed by atoms with van der Waals surface area (Å²) in [7, 11) is 0. The summed E-state index contributed by atoms with van der Waals surface area (Å²) in [5.74, 6) is 0.178. The molecule has 1 amide bonds. The molecule has 108 valence electrons. The van der Waals surface area contributed by atoms with Crippen LogP contribution in [0.5, 0.6) is 0 Å². The maximum Gasteiger partial charge on any atom is 0.254 e. The lowest BCUT2D eigenvalue weighted by Crippen LogP contribution is -2.46. The Morgan fingerprint density at radius 1 is 1.00 bits per heavy atom. The van der Waals surface area contributed by atoms with E-state index in [2.05, 4.69) is 17.0 Å². The molecule has 21 heavy (non-hydrogen) atoms. The van der Waals surface area contributed by atoms with Gasteiger partial charge in [0, 0.05) is 23.0 Å². The zero-order chi connectivity index (χ0) is 14.4. The average molecular weight is 300 g/mol. The van der Waals surface area contributed by atoms with Crippen LogP contribution in [0, 0.1) is 0 Å². The van der Waals surface area contributed by atoms with Gasteiger partial charge in [0.05, 0.1) is 0 Å². The van der Waals surface area contributed by atoms with Crippen molar-refractivity contribution in [2.24, 2.45) is 0 Å². The first-order valence-corrected chi connectivity index (χ1v) is 8.11. The Labute approximate surface area is 129 Å². The minimum Gasteiger partial charge on any atom is -0.333 e. The molecule has 0 spiro atoms. The molecule has 0 radical (unpaired) electrons. The topological polar surface area (TPSA) is 20.3 Å². The highest BCUT2D eigenvalue weighted by molar-refractivity contribution is 6.20. The molecule has 2 heterocycles. The van der Waals surface area contributed by atoms with Crippen molar-refractivity contribution in [1.82, 2.24) is 4.90 Å². The predicted molar refractivity (Wildman–Crippen MR) is 85.8 cm³/mol. The molecule has 0 saturated carbocycles. The van der Waals surface area contributed by atoms with E-state index in [0.29, 0.717) is 12.1 Å². The molecule has 0 aliphatic carbocycles. The Balaban J connectivity index is 1.67. The Bertz CT molecular complexity index is 684. The third-order valence-corrected chi connectivity index (χ3v) is 5.26. The summed E-state index contributed by atoms with van der Waals surface area (Å²) >= 11 is 6.30. The van der Waals surface area contributed by atoms with E-state index in [0.717, 1.165) is 36.6 Å². The Morgan fingerprint density at radius 2 is 1.67 bits per heavy atom. The standard InChI is InChI=1S/C18H18ClNO/c19-15-10-16-7-8-17(11-15)20(16)18(21)14-6-5-12-3-1-2-4-13(12)9-14/h1-6,9,15-17H,7-8,10-11H2. The first-order chi connectivity index (χ1) is 10.2. The molecule has 4 rings (SSSR count). The van der Waals surface area contributed by atoms with Crippen LogP contribution in [-0.4, -0.2) is 28.3 Å². The van der Waals surface area contributed by atoms with Gasteiger partial charge in [-0.25, -0.2) is 0 Å². The zero-order valence-corrected chi connectivity index (χ0v) is 12.6. The third-order valence-electron chi connectivity index (χ3n) is 4.91. The van der Waals surface area contributed by atoms with Gasteiger partial charge in [-0.05, 0) is 48.6 Å². The molecule has 2 aliphatic rings. The van der Waals surface area contributed by atoms with E-state index in [9.17, 15) is 4.79 Å². The fourth-order valence-electron chi connectivity index (χ4n) is 3.91. The molecule has 2 saturated heterocycles. The average Bonchev–Trinajstić information content (AvgIpc) is 2.78. The summed E-state index contributed by atoms with van der Waals surface area (Å²) in [5.41, 5.74) is 0.804. The Hall–Kier alpha value is -1.54. The minimum atomic E-state index is 0.178.